The van der Waals surface area contributed by atoms with Gasteiger partial charge in [-0.1, -0.05) is 78.9 Å². The van der Waals surface area contributed by atoms with E-state index in [0.717, 1.165) is 11.1 Å². The largest absolute Gasteiger partial charge is 0.456 e. The number of carbonyl (C=O) groups is 1. The van der Waals surface area contributed by atoms with Gasteiger partial charge in [0, 0.05) is 7.11 Å². The second-order valence-corrected chi connectivity index (χ2v) is 13.2. The zero-order valence-electron chi connectivity index (χ0n) is 29.0. The highest BCUT2D eigenvalue weighted by Crippen LogP contribution is 2.41. The first kappa shape index (κ1) is 36.1. The lowest BCUT2D eigenvalue weighted by atomic mass is 9.96. The Balaban J connectivity index is 1.30. The molecule has 0 saturated carbocycles. The summed E-state index contributed by atoms with van der Waals surface area (Å²) in [5, 5.41) is 9.59. The third-order valence-corrected chi connectivity index (χ3v) is 9.13. The number of benzene rings is 3. The van der Waals surface area contributed by atoms with Crippen molar-refractivity contribution in [3.63, 3.8) is 0 Å². The van der Waals surface area contributed by atoms with Crippen LogP contribution in [0.4, 0.5) is 0 Å². The Bertz CT molecular complexity index is 1600. The predicted molar refractivity (Wildman–Crippen MR) is 179 cm³/mol. The van der Waals surface area contributed by atoms with Crippen molar-refractivity contribution in [2.24, 2.45) is 0 Å². The molecule has 0 spiro atoms. The van der Waals surface area contributed by atoms with Crippen LogP contribution in [-0.2, 0) is 67.1 Å². The number of esters is 1. The summed E-state index contributed by atoms with van der Waals surface area (Å²) in [6.45, 7) is 7.81. The van der Waals surface area contributed by atoms with E-state index < -0.39 is 73.2 Å². The lowest BCUT2D eigenvalue weighted by Crippen LogP contribution is -2.64. The minimum absolute atomic E-state index is 0.0956. The van der Waals surface area contributed by atoms with Gasteiger partial charge in [0.25, 0.3) is 0 Å². The molecule has 0 radical (unpaired) electrons. The van der Waals surface area contributed by atoms with E-state index in [4.69, 9.17) is 42.6 Å². The maximum Gasteiger partial charge on any atom is 0.310 e. The number of carbonyl (C=O) groups excluding carboxylic acids is 1. The first-order chi connectivity index (χ1) is 24.2. The van der Waals surface area contributed by atoms with Gasteiger partial charge in [-0.15, -0.1) is 0 Å². The average molecular weight is 688 g/mol. The molecule has 3 fully saturated rings. The molecule has 11 heteroatoms. The molecule has 11 nitrogen and oxygen atoms in total. The number of methoxy groups -OCH3 is 1. The molecule has 0 amide bonds. The number of fused-ring (bicyclic) bond motifs is 1. The van der Waals surface area contributed by atoms with Crippen LogP contribution in [-0.4, -0.2) is 80.3 Å². The normalized spacial score (nSPS) is 31.8. The van der Waals surface area contributed by atoms with Gasteiger partial charge < -0.3 is 42.6 Å². The quantitative estimate of drug-likeness (QED) is 0.233. The van der Waals surface area contributed by atoms with Crippen molar-refractivity contribution in [2.75, 3.05) is 7.11 Å². The maximum atomic E-state index is 13.5. The molecule has 50 heavy (non-hydrogen) atoms. The molecule has 266 valence electrons. The Morgan fingerprint density at radius 1 is 0.740 bits per heavy atom. The summed E-state index contributed by atoms with van der Waals surface area (Å²) in [6.07, 6.45) is -7.13. The van der Waals surface area contributed by atoms with Gasteiger partial charge in [0.1, 0.15) is 30.5 Å². The van der Waals surface area contributed by atoms with Crippen molar-refractivity contribution in [3.8, 4) is 6.07 Å². The van der Waals surface area contributed by atoms with Crippen molar-refractivity contribution in [1.82, 2.24) is 0 Å². The zero-order chi connectivity index (χ0) is 35.3. The number of nitriles is 1. The number of nitrogens with zero attached hydrogens (tertiary/aromatic N) is 1. The van der Waals surface area contributed by atoms with Crippen LogP contribution in [0.25, 0.3) is 0 Å². The predicted octanol–water partition coefficient (Wildman–Crippen LogP) is 5.22. The van der Waals surface area contributed by atoms with Gasteiger partial charge in [-0.3, -0.25) is 4.79 Å². The SMILES string of the molecule is CO[C@H]1O[C@H](C)[C@@H](O[C@@H]2O[C@H](C)[C@@H](OC(=O)Cc3ccccc3C#N)[C@H](OCc3ccccc3)[C@@H]2OCc2ccccc2)[C@@H]2OC(C)(C)O[C@H]12. The molecule has 10 atom stereocenters. The van der Waals surface area contributed by atoms with Gasteiger partial charge in [-0.25, -0.2) is 0 Å². The smallest absolute Gasteiger partial charge is 0.310 e. The first-order valence-electron chi connectivity index (χ1n) is 17.0. The lowest BCUT2D eigenvalue weighted by Gasteiger charge is -2.47. The van der Waals surface area contributed by atoms with Crippen LogP contribution in [0.1, 0.15) is 49.9 Å². The lowest BCUT2D eigenvalue weighted by molar-refractivity contribution is -0.351. The molecule has 3 heterocycles. The van der Waals surface area contributed by atoms with Crippen molar-refractivity contribution in [3.05, 3.63) is 107 Å². The van der Waals surface area contributed by atoms with Crippen molar-refractivity contribution >= 4 is 5.97 Å². The highest BCUT2D eigenvalue weighted by atomic mass is 16.8. The van der Waals surface area contributed by atoms with Gasteiger partial charge in [0.05, 0.1) is 43.5 Å². The molecular weight excluding hydrogens is 642 g/mol. The molecule has 3 saturated heterocycles. The number of rotatable bonds is 12. The van der Waals surface area contributed by atoms with Crippen LogP contribution in [0.3, 0.4) is 0 Å². The van der Waals surface area contributed by atoms with Crippen LogP contribution in [0.2, 0.25) is 0 Å². The van der Waals surface area contributed by atoms with Crippen molar-refractivity contribution < 1.29 is 47.4 Å². The molecule has 0 bridgehead atoms. The Hall–Kier alpha value is -3.70. The summed E-state index contributed by atoms with van der Waals surface area (Å²) >= 11 is 0. The summed E-state index contributed by atoms with van der Waals surface area (Å²) in [4.78, 5) is 13.5. The molecule has 6 rings (SSSR count). The van der Waals surface area contributed by atoms with Crippen LogP contribution in [0.5, 0.6) is 0 Å². The second-order valence-electron chi connectivity index (χ2n) is 13.2. The Kier molecular flexibility index (Phi) is 11.6. The van der Waals surface area contributed by atoms with Crippen molar-refractivity contribution in [1.29, 1.82) is 5.26 Å². The van der Waals surface area contributed by atoms with E-state index in [1.807, 2.05) is 88.4 Å². The van der Waals surface area contributed by atoms with E-state index in [1.165, 1.54) is 0 Å². The van der Waals surface area contributed by atoms with E-state index in [2.05, 4.69) is 6.07 Å². The summed E-state index contributed by atoms with van der Waals surface area (Å²) in [7, 11) is 1.57. The van der Waals surface area contributed by atoms with Gasteiger partial charge in [0.2, 0.25) is 0 Å². The first-order valence-corrected chi connectivity index (χ1v) is 17.0. The minimum atomic E-state index is -0.980. The second kappa shape index (κ2) is 16.1. The van der Waals surface area contributed by atoms with E-state index >= 15 is 0 Å². The van der Waals surface area contributed by atoms with Crippen LogP contribution >= 0.6 is 0 Å². The third-order valence-electron chi connectivity index (χ3n) is 9.13. The van der Waals surface area contributed by atoms with Gasteiger partial charge in [-0.2, -0.15) is 5.26 Å². The molecule has 3 aliphatic rings. The maximum absolute atomic E-state index is 13.5. The van der Waals surface area contributed by atoms with Gasteiger partial charge in [0.15, 0.2) is 24.5 Å². The van der Waals surface area contributed by atoms with E-state index in [0.29, 0.717) is 11.1 Å². The molecule has 3 aromatic rings. The van der Waals surface area contributed by atoms with Gasteiger partial charge in [-0.05, 0) is 50.5 Å². The number of ether oxygens (including phenoxy) is 9. The topological polar surface area (TPSA) is 124 Å². The third kappa shape index (κ3) is 8.42. The molecule has 0 unspecified atom stereocenters. The fourth-order valence-electron chi connectivity index (χ4n) is 6.72. The van der Waals surface area contributed by atoms with Crippen LogP contribution in [0, 0.1) is 11.3 Å². The fraction of sp³-hybridized carbons (Fsp3) is 0.487. The summed E-state index contributed by atoms with van der Waals surface area (Å²) in [5.74, 6) is -1.42. The van der Waals surface area contributed by atoms with E-state index in [9.17, 15) is 10.1 Å². The Labute approximate surface area is 293 Å². The minimum Gasteiger partial charge on any atom is -0.456 e. The van der Waals surface area contributed by atoms with Gasteiger partial charge >= 0.3 is 5.97 Å². The summed E-state index contributed by atoms with van der Waals surface area (Å²) in [6, 6.07) is 28.6. The Morgan fingerprint density at radius 3 is 1.94 bits per heavy atom. The van der Waals surface area contributed by atoms with Crippen molar-refractivity contribution in [2.45, 2.75) is 115 Å². The number of hydrogen-bond donors (Lipinski definition) is 0. The summed E-state index contributed by atoms with van der Waals surface area (Å²) < 4.78 is 57.1. The zero-order valence-corrected chi connectivity index (χ0v) is 29.0. The van der Waals surface area contributed by atoms with Crippen LogP contribution < -0.4 is 0 Å². The summed E-state index contributed by atoms with van der Waals surface area (Å²) in [5.41, 5.74) is 2.84. The van der Waals surface area contributed by atoms with E-state index in [1.54, 1.807) is 31.4 Å². The molecule has 0 aliphatic carbocycles. The molecule has 0 N–H and O–H groups in total. The monoisotopic (exact) mass is 687 g/mol. The highest BCUT2D eigenvalue weighted by Gasteiger charge is 2.57. The molecule has 3 aliphatic heterocycles. The molecule has 0 aromatic heterocycles. The van der Waals surface area contributed by atoms with E-state index in [-0.39, 0.29) is 19.6 Å². The molecular formula is C39H45NO10. The fourth-order valence-corrected chi connectivity index (χ4v) is 6.72. The van der Waals surface area contributed by atoms with Crippen LogP contribution in [0.15, 0.2) is 84.9 Å². The number of hydrogen-bond acceptors (Lipinski definition) is 11. The average Bonchev–Trinajstić information content (AvgIpc) is 3.45. The Morgan fingerprint density at radius 2 is 1.30 bits per heavy atom. The highest BCUT2D eigenvalue weighted by molar-refractivity contribution is 5.73. The molecule has 3 aromatic carbocycles. The standard InChI is InChI=1S/C39H45NO10/c1-24-31(47-30(41)20-28-18-12-13-19-29(28)21-40)33(43-22-26-14-8-6-9-15-26)35(44-23-27-16-10-7-11-17-27)38(46-24)48-32-25(2)45-37(42-5)36-34(32)49-39(3,4)50-36/h6-19,24-25,31-38H,20,22-23H2,1-5H3/t24-,25-,31-,32-,33+,34+,35+,36+,37+,38+/m1/s1.